The van der Waals surface area contributed by atoms with Gasteiger partial charge in [0.2, 0.25) is 0 Å². The summed E-state index contributed by atoms with van der Waals surface area (Å²) in [5.74, 6) is 0.557. The third kappa shape index (κ3) is 3.63. The topological polar surface area (TPSA) is 69.0 Å². The number of aromatic nitrogens is 3. The van der Waals surface area contributed by atoms with Gasteiger partial charge in [-0.1, -0.05) is 6.42 Å². The average Bonchev–Trinajstić information content (AvgIpc) is 2.90. The molecule has 0 atom stereocenters. The lowest BCUT2D eigenvalue weighted by Gasteiger charge is -2.24. The van der Waals surface area contributed by atoms with E-state index in [0.717, 1.165) is 16.7 Å². The third-order valence-electron chi connectivity index (χ3n) is 3.94. The number of amides is 1. The first-order valence-electron chi connectivity index (χ1n) is 7.54. The number of alkyl carbamates (subject to hydrolysis) is 1. The standard InChI is InChI=1S/C16H20N4O2/c1-20-10-15(9-19-20)14-5-13(6-17-8-14)7-18-16(21)22-11-12-3-2-4-12/h5-6,8-10,12H,2-4,7,11H2,1H3,(H,18,21). The highest BCUT2D eigenvalue weighted by molar-refractivity contribution is 5.67. The molecule has 3 rings (SSSR count). The minimum Gasteiger partial charge on any atom is -0.449 e. The van der Waals surface area contributed by atoms with Crippen molar-refractivity contribution in [2.75, 3.05) is 6.61 Å². The van der Waals surface area contributed by atoms with E-state index in [4.69, 9.17) is 4.74 Å². The molecule has 6 nitrogen and oxygen atoms in total. The normalized spacial score (nSPS) is 14.4. The predicted octanol–water partition coefficient (Wildman–Crippen LogP) is 2.51. The van der Waals surface area contributed by atoms with Crippen LogP contribution in [0.5, 0.6) is 0 Å². The van der Waals surface area contributed by atoms with E-state index in [-0.39, 0.29) is 6.09 Å². The molecule has 1 amide bonds. The van der Waals surface area contributed by atoms with E-state index in [2.05, 4.69) is 15.4 Å². The first-order valence-corrected chi connectivity index (χ1v) is 7.54. The Labute approximate surface area is 129 Å². The lowest BCUT2D eigenvalue weighted by atomic mass is 9.86. The van der Waals surface area contributed by atoms with Gasteiger partial charge in [0, 0.05) is 43.3 Å². The van der Waals surface area contributed by atoms with Crippen LogP contribution >= 0.6 is 0 Å². The molecule has 1 aliphatic carbocycles. The SMILES string of the molecule is Cn1cc(-c2cncc(CNC(=O)OCC3CCC3)c2)cn1. The fourth-order valence-corrected chi connectivity index (χ4v) is 2.39. The van der Waals surface area contributed by atoms with Crippen molar-refractivity contribution in [3.8, 4) is 11.1 Å². The number of hydrogen-bond acceptors (Lipinski definition) is 4. The number of carbonyl (C=O) groups excluding carboxylic acids is 1. The number of ether oxygens (including phenoxy) is 1. The van der Waals surface area contributed by atoms with Crippen molar-refractivity contribution in [2.24, 2.45) is 13.0 Å². The van der Waals surface area contributed by atoms with E-state index in [9.17, 15) is 4.79 Å². The first-order chi connectivity index (χ1) is 10.7. The average molecular weight is 300 g/mol. The van der Waals surface area contributed by atoms with Crippen molar-refractivity contribution < 1.29 is 9.53 Å². The lowest BCUT2D eigenvalue weighted by molar-refractivity contribution is 0.103. The number of pyridine rings is 1. The molecule has 1 aliphatic rings. The van der Waals surface area contributed by atoms with Gasteiger partial charge in [0.05, 0.1) is 12.8 Å². The van der Waals surface area contributed by atoms with Crippen LogP contribution in [0.25, 0.3) is 11.1 Å². The molecule has 2 heterocycles. The molecule has 6 heteroatoms. The zero-order chi connectivity index (χ0) is 15.4. The van der Waals surface area contributed by atoms with Gasteiger partial charge in [-0.25, -0.2) is 4.79 Å². The van der Waals surface area contributed by atoms with Crippen LogP contribution in [-0.4, -0.2) is 27.5 Å². The predicted molar refractivity (Wildman–Crippen MR) is 82.0 cm³/mol. The summed E-state index contributed by atoms with van der Waals surface area (Å²) < 4.78 is 6.95. The largest absolute Gasteiger partial charge is 0.449 e. The molecule has 0 unspecified atom stereocenters. The summed E-state index contributed by atoms with van der Waals surface area (Å²) in [6.07, 6.45) is 10.5. The second-order valence-electron chi connectivity index (χ2n) is 5.73. The van der Waals surface area contributed by atoms with Crippen LogP contribution < -0.4 is 5.32 Å². The summed E-state index contributed by atoms with van der Waals surface area (Å²) in [4.78, 5) is 15.9. The molecule has 2 aromatic heterocycles. The Kier molecular flexibility index (Phi) is 4.37. The summed E-state index contributed by atoms with van der Waals surface area (Å²) >= 11 is 0. The van der Waals surface area contributed by atoms with Crippen LogP contribution in [0.1, 0.15) is 24.8 Å². The smallest absolute Gasteiger partial charge is 0.407 e. The van der Waals surface area contributed by atoms with Gasteiger partial charge in [-0.3, -0.25) is 9.67 Å². The summed E-state index contributed by atoms with van der Waals surface area (Å²) in [6.45, 7) is 0.935. The highest BCUT2D eigenvalue weighted by Gasteiger charge is 2.19. The third-order valence-corrected chi connectivity index (χ3v) is 3.94. The highest BCUT2D eigenvalue weighted by atomic mass is 16.5. The molecule has 0 spiro atoms. The molecule has 22 heavy (non-hydrogen) atoms. The molecule has 0 radical (unpaired) electrons. The molecular weight excluding hydrogens is 280 g/mol. The summed E-state index contributed by atoms with van der Waals surface area (Å²) in [5, 5.41) is 6.91. The van der Waals surface area contributed by atoms with Crippen molar-refractivity contribution >= 4 is 6.09 Å². The fourth-order valence-electron chi connectivity index (χ4n) is 2.39. The molecule has 116 valence electrons. The Morgan fingerprint density at radius 1 is 1.36 bits per heavy atom. The molecule has 0 bridgehead atoms. The van der Waals surface area contributed by atoms with Crippen molar-refractivity contribution in [1.29, 1.82) is 0 Å². The van der Waals surface area contributed by atoms with Crippen molar-refractivity contribution in [3.63, 3.8) is 0 Å². The van der Waals surface area contributed by atoms with Crippen molar-refractivity contribution in [1.82, 2.24) is 20.1 Å². The van der Waals surface area contributed by atoms with E-state index in [1.54, 1.807) is 23.3 Å². The van der Waals surface area contributed by atoms with E-state index in [0.29, 0.717) is 19.1 Å². The van der Waals surface area contributed by atoms with Crippen LogP contribution in [-0.2, 0) is 18.3 Å². The van der Waals surface area contributed by atoms with Gasteiger partial charge in [-0.2, -0.15) is 5.10 Å². The highest BCUT2D eigenvalue weighted by Crippen LogP contribution is 2.26. The summed E-state index contributed by atoms with van der Waals surface area (Å²) in [5.41, 5.74) is 2.92. The van der Waals surface area contributed by atoms with Gasteiger partial charge >= 0.3 is 6.09 Å². The minimum atomic E-state index is -0.362. The van der Waals surface area contributed by atoms with Gasteiger partial charge in [0.15, 0.2) is 0 Å². The molecule has 1 saturated carbocycles. The van der Waals surface area contributed by atoms with Gasteiger partial charge in [-0.05, 0) is 30.4 Å². The summed E-state index contributed by atoms with van der Waals surface area (Å²) in [6, 6.07) is 2.00. The number of rotatable bonds is 5. The number of aryl methyl sites for hydroxylation is 1. The van der Waals surface area contributed by atoms with E-state index >= 15 is 0 Å². The van der Waals surface area contributed by atoms with E-state index in [1.165, 1.54) is 19.3 Å². The molecule has 2 aromatic rings. The van der Waals surface area contributed by atoms with Crippen molar-refractivity contribution in [3.05, 3.63) is 36.4 Å². The number of hydrogen-bond donors (Lipinski definition) is 1. The zero-order valence-electron chi connectivity index (χ0n) is 12.7. The van der Waals surface area contributed by atoms with Gasteiger partial charge in [-0.15, -0.1) is 0 Å². The van der Waals surface area contributed by atoms with E-state index in [1.807, 2.05) is 19.3 Å². The zero-order valence-corrected chi connectivity index (χ0v) is 12.7. The summed E-state index contributed by atoms with van der Waals surface area (Å²) in [7, 11) is 1.88. The van der Waals surface area contributed by atoms with Crippen LogP contribution in [0, 0.1) is 5.92 Å². The van der Waals surface area contributed by atoms with Crippen LogP contribution in [0.15, 0.2) is 30.9 Å². The maximum absolute atomic E-state index is 11.7. The second kappa shape index (κ2) is 6.60. The van der Waals surface area contributed by atoms with Crippen LogP contribution in [0.3, 0.4) is 0 Å². The Morgan fingerprint density at radius 3 is 2.91 bits per heavy atom. The van der Waals surface area contributed by atoms with E-state index < -0.39 is 0 Å². The molecule has 0 saturated heterocycles. The fraction of sp³-hybridized carbons (Fsp3) is 0.438. The lowest BCUT2D eigenvalue weighted by Crippen LogP contribution is -2.27. The number of carbonyl (C=O) groups is 1. The minimum absolute atomic E-state index is 0.362. The Hall–Kier alpha value is -2.37. The Morgan fingerprint density at radius 2 is 2.23 bits per heavy atom. The monoisotopic (exact) mass is 300 g/mol. The number of nitrogens with zero attached hydrogens (tertiary/aromatic N) is 3. The Balaban J connectivity index is 1.52. The van der Waals surface area contributed by atoms with Crippen LogP contribution in [0.2, 0.25) is 0 Å². The molecule has 1 N–H and O–H groups in total. The molecule has 0 aromatic carbocycles. The van der Waals surface area contributed by atoms with Gasteiger partial charge in [0.1, 0.15) is 0 Å². The van der Waals surface area contributed by atoms with Crippen molar-refractivity contribution in [2.45, 2.75) is 25.8 Å². The Bertz CT molecular complexity index is 649. The van der Waals surface area contributed by atoms with Gasteiger partial charge in [0.25, 0.3) is 0 Å². The first kappa shape index (κ1) is 14.6. The maximum atomic E-state index is 11.7. The molecule has 0 aliphatic heterocycles. The maximum Gasteiger partial charge on any atom is 0.407 e. The second-order valence-corrected chi connectivity index (χ2v) is 5.73. The number of nitrogens with one attached hydrogen (secondary N) is 1. The molecular formula is C16H20N4O2. The van der Waals surface area contributed by atoms with Crippen LogP contribution in [0.4, 0.5) is 4.79 Å². The quantitative estimate of drug-likeness (QED) is 0.921. The van der Waals surface area contributed by atoms with Gasteiger partial charge < -0.3 is 10.1 Å². The molecule has 1 fully saturated rings.